The maximum atomic E-state index is 12.4. The summed E-state index contributed by atoms with van der Waals surface area (Å²) >= 11 is 0. The Morgan fingerprint density at radius 1 is 0.941 bits per heavy atom. The van der Waals surface area contributed by atoms with E-state index in [1.54, 1.807) is 0 Å². The van der Waals surface area contributed by atoms with Crippen LogP contribution in [0.3, 0.4) is 0 Å². The van der Waals surface area contributed by atoms with Crippen molar-refractivity contribution in [3.05, 3.63) is 0 Å². The molecule has 17 heavy (non-hydrogen) atoms. The maximum absolute atomic E-state index is 12.4. The molecule has 1 aliphatic carbocycles. The third-order valence-corrected chi connectivity index (χ3v) is 4.22. The summed E-state index contributed by atoms with van der Waals surface area (Å²) in [6.45, 7) is 1.72. The van der Waals surface area contributed by atoms with Gasteiger partial charge >= 0.3 is 0 Å². The van der Waals surface area contributed by atoms with Crippen LogP contribution < -0.4 is 5.73 Å². The molecule has 2 fully saturated rings. The molecule has 0 aromatic heterocycles. The second kappa shape index (κ2) is 6.39. The van der Waals surface area contributed by atoms with Crippen molar-refractivity contribution in [2.75, 3.05) is 13.1 Å². The topological polar surface area (TPSA) is 46.3 Å². The van der Waals surface area contributed by atoms with Crippen LogP contribution in [0.1, 0.15) is 57.8 Å². The van der Waals surface area contributed by atoms with E-state index >= 15 is 0 Å². The predicted molar refractivity (Wildman–Crippen MR) is 69.6 cm³/mol. The summed E-state index contributed by atoms with van der Waals surface area (Å²) in [7, 11) is 0. The van der Waals surface area contributed by atoms with Crippen LogP contribution in [0.2, 0.25) is 0 Å². The molecule has 0 aromatic carbocycles. The van der Waals surface area contributed by atoms with Gasteiger partial charge in [0.05, 0.1) is 0 Å². The van der Waals surface area contributed by atoms with Crippen LogP contribution in [0.25, 0.3) is 0 Å². The Morgan fingerprint density at radius 2 is 1.59 bits per heavy atom. The van der Waals surface area contributed by atoms with Gasteiger partial charge in [-0.25, -0.2) is 0 Å². The van der Waals surface area contributed by atoms with Crippen LogP contribution in [0.4, 0.5) is 0 Å². The minimum atomic E-state index is 0.209. The summed E-state index contributed by atoms with van der Waals surface area (Å²) in [4.78, 5) is 14.5. The van der Waals surface area contributed by atoms with Crippen LogP contribution in [0, 0.1) is 5.92 Å². The van der Waals surface area contributed by atoms with Gasteiger partial charge in [0.2, 0.25) is 5.91 Å². The molecular formula is C14H26N2O. The van der Waals surface area contributed by atoms with Crippen molar-refractivity contribution in [3.63, 3.8) is 0 Å². The molecule has 0 radical (unpaired) electrons. The van der Waals surface area contributed by atoms with Crippen LogP contribution in [0.5, 0.6) is 0 Å². The summed E-state index contributed by atoms with van der Waals surface area (Å²) in [5.41, 5.74) is 5.95. The number of likely N-dealkylation sites (tertiary alicyclic amines) is 1. The molecule has 0 aromatic rings. The van der Waals surface area contributed by atoms with E-state index in [4.69, 9.17) is 5.73 Å². The number of carbonyl (C=O) groups is 1. The van der Waals surface area contributed by atoms with Crippen molar-refractivity contribution in [3.8, 4) is 0 Å². The Hall–Kier alpha value is -0.570. The smallest absolute Gasteiger partial charge is 0.225 e. The SMILES string of the molecule is NC1CCCN(C(=O)C2CCCCCCC2)C1. The molecule has 1 heterocycles. The fraction of sp³-hybridized carbons (Fsp3) is 0.929. The first-order valence-corrected chi connectivity index (χ1v) is 7.32. The third-order valence-electron chi connectivity index (χ3n) is 4.22. The van der Waals surface area contributed by atoms with E-state index < -0.39 is 0 Å². The molecular weight excluding hydrogens is 212 g/mol. The summed E-state index contributed by atoms with van der Waals surface area (Å²) in [5, 5.41) is 0. The van der Waals surface area contributed by atoms with E-state index in [2.05, 4.69) is 0 Å². The monoisotopic (exact) mass is 238 g/mol. The molecule has 1 amide bonds. The molecule has 98 valence electrons. The predicted octanol–water partition coefficient (Wildman–Crippen LogP) is 2.30. The van der Waals surface area contributed by atoms with Gasteiger partial charge in [-0.3, -0.25) is 4.79 Å². The van der Waals surface area contributed by atoms with E-state index in [0.717, 1.165) is 38.8 Å². The summed E-state index contributed by atoms with van der Waals surface area (Å²) < 4.78 is 0. The summed E-state index contributed by atoms with van der Waals surface area (Å²) in [5.74, 6) is 0.683. The van der Waals surface area contributed by atoms with Gasteiger partial charge in [0, 0.05) is 25.0 Å². The van der Waals surface area contributed by atoms with E-state index in [1.165, 1.54) is 32.1 Å². The molecule has 0 bridgehead atoms. The lowest BCUT2D eigenvalue weighted by molar-refractivity contribution is -0.137. The molecule has 2 rings (SSSR count). The van der Waals surface area contributed by atoms with Crippen LogP contribution >= 0.6 is 0 Å². The summed E-state index contributed by atoms with van der Waals surface area (Å²) in [6, 6.07) is 0.209. The molecule has 1 saturated carbocycles. The highest BCUT2D eigenvalue weighted by Crippen LogP contribution is 2.25. The van der Waals surface area contributed by atoms with Gasteiger partial charge in [0.15, 0.2) is 0 Å². The number of hydrogen-bond donors (Lipinski definition) is 1. The van der Waals surface area contributed by atoms with Crippen molar-refractivity contribution in [1.29, 1.82) is 0 Å². The summed E-state index contributed by atoms with van der Waals surface area (Å²) in [6.07, 6.45) is 10.8. The zero-order valence-electron chi connectivity index (χ0n) is 10.9. The Labute approximate surface area is 105 Å². The van der Waals surface area contributed by atoms with E-state index in [-0.39, 0.29) is 6.04 Å². The molecule has 1 unspecified atom stereocenters. The van der Waals surface area contributed by atoms with Gasteiger partial charge in [-0.1, -0.05) is 32.1 Å². The standard InChI is InChI=1S/C14H26N2O/c15-13-9-6-10-16(11-13)14(17)12-7-4-2-1-3-5-8-12/h12-13H,1-11,15H2. The highest BCUT2D eigenvalue weighted by Gasteiger charge is 2.27. The lowest BCUT2D eigenvalue weighted by atomic mass is 9.89. The molecule has 1 saturated heterocycles. The lowest BCUT2D eigenvalue weighted by Crippen LogP contribution is -2.47. The lowest BCUT2D eigenvalue weighted by Gasteiger charge is -2.34. The molecule has 2 N–H and O–H groups in total. The first kappa shape index (κ1) is 12.9. The Morgan fingerprint density at radius 3 is 2.24 bits per heavy atom. The van der Waals surface area contributed by atoms with Crippen LogP contribution in [-0.2, 0) is 4.79 Å². The first-order valence-electron chi connectivity index (χ1n) is 7.32. The molecule has 3 heteroatoms. The third kappa shape index (κ3) is 3.70. The normalized spacial score (nSPS) is 28.5. The van der Waals surface area contributed by atoms with Gasteiger partial charge in [-0.2, -0.15) is 0 Å². The number of nitrogens with zero attached hydrogens (tertiary/aromatic N) is 1. The van der Waals surface area contributed by atoms with Crippen LogP contribution in [0.15, 0.2) is 0 Å². The van der Waals surface area contributed by atoms with E-state index in [0.29, 0.717) is 11.8 Å². The van der Waals surface area contributed by atoms with E-state index in [9.17, 15) is 4.79 Å². The highest BCUT2D eigenvalue weighted by molar-refractivity contribution is 5.79. The Bertz CT molecular complexity index is 247. The molecule has 3 nitrogen and oxygen atoms in total. The number of rotatable bonds is 1. The minimum absolute atomic E-state index is 0.209. The number of piperidine rings is 1. The Kier molecular flexibility index (Phi) is 4.84. The number of hydrogen-bond acceptors (Lipinski definition) is 2. The van der Waals surface area contributed by atoms with Crippen LogP contribution in [-0.4, -0.2) is 29.9 Å². The highest BCUT2D eigenvalue weighted by atomic mass is 16.2. The minimum Gasteiger partial charge on any atom is -0.341 e. The average molecular weight is 238 g/mol. The van der Waals surface area contributed by atoms with Crippen molar-refractivity contribution in [1.82, 2.24) is 4.90 Å². The second-order valence-electron chi connectivity index (χ2n) is 5.73. The average Bonchev–Trinajstić information content (AvgIpc) is 2.28. The van der Waals surface area contributed by atoms with Gasteiger partial charge < -0.3 is 10.6 Å². The van der Waals surface area contributed by atoms with Crippen molar-refractivity contribution >= 4 is 5.91 Å². The van der Waals surface area contributed by atoms with E-state index in [1.807, 2.05) is 4.90 Å². The van der Waals surface area contributed by atoms with Gasteiger partial charge in [-0.05, 0) is 25.7 Å². The van der Waals surface area contributed by atoms with Gasteiger partial charge in [-0.15, -0.1) is 0 Å². The number of amides is 1. The van der Waals surface area contributed by atoms with Crippen molar-refractivity contribution in [2.24, 2.45) is 11.7 Å². The molecule has 2 aliphatic rings. The first-order chi connectivity index (χ1) is 8.27. The fourth-order valence-electron chi connectivity index (χ4n) is 3.17. The molecule has 1 aliphatic heterocycles. The largest absolute Gasteiger partial charge is 0.341 e. The second-order valence-corrected chi connectivity index (χ2v) is 5.73. The molecule has 1 atom stereocenters. The number of carbonyl (C=O) groups excluding carboxylic acids is 1. The maximum Gasteiger partial charge on any atom is 0.225 e. The quantitative estimate of drug-likeness (QED) is 0.762. The van der Waals surface area contributed by atoms with Crippen molar-refractivity contribution in [2.45, 2.75) is 63.8 Å². The van der Waals surface area contributed by atoms with Crippen molar-refractivity contribution < 1.29 is 4.79 Å². The van der Waals surface area contributed by atoms with Gasteiger partial charge in [0.25, 0.3) is 0 Å². The zero-order chi connectivity index (χ0) is 12.1. The zero-order valence-corrected chi connectivity index (χ0v) is 10.9. The van der Waals surface area contributed by atoms with Gasteiger partial charge in [0.1, 0.15) is 0 Å². The number of nitrogens with two attached hydrogens (primary N) is 1. The Balaban J connectivity index is 1.87. The fourth-order valence-corrected chi connectivity index (χ4v) is 3.17. The molecule has 0 spiro atoms.